The van der Waals surface area contributed by atoms with Crippen LogP contribution in [-0.2, 0) is 10.2 Å². The fourth-order valence-electron chi connectivity index (χ4n) is 4.27. The molecule has 7 heteroatoms. The van der Waals surface area contributed by atoms with Crippen LogP contribution in [0.15, 0.2) is 30.3 Å². The fourth-order valence-corrected chi connectivity index (χ4v) is 4.40. The second kappa shape index (κ2) is 8.42. The monoisotopic (exact) mass is 427 g/mol. The molecule has 2 aromatic rings. The third kappa shape index (κ3) is 4.53. The molecule has 6 nitrogen and oxygen atoms in total. The minimum Gasteiger partial charge on any atom is -0.363 e. The van der Waals surface area contributed by atoms with E-state index in [9.17, 15) is 4.79 Å². The number of nitrogens with zero attached hydrogens (tertiary/aromatic N) is 3. The van der Waals surface area contributed by atoms with Crippen LogP contribution < -0.4 is 15.5 Å². The summed E-state index contributed by atoms with van der Waals surface area (Å²) in [6, 6.07) is 10.3. The molecule has 0 unspecified atom stereocenters. The molecule has 30 heavy (non-hydrogen) atoms. The minimum absolute atomic E-state index is 0.166. The molecule has 0 atom stereocenters. The summed E-state index contributed by atoms with van der Waals surface area (Å²) in [5, 5.41) is 7.51. The number of carbonyl (C=O) groups is 1. The number of nitrogens with one attached hydrogen (secondary N) is 2. The van der Waals surface area contributed by atoms with Gasteiger partial charge in [-0.1, -0.05) is 23.7 Å². The largest absolute Gasteiger partial charge is 0.363 e. The average molecular weight is 428 g/mol. The van der Waals surface area contributed by atoms with E-state index >= 15 is 0 Å². The van der Waals surface area contributed by atoms with Crippen molar-refractivity contribution in [3.05, 3.63) is 46.6 Å². The van der Waals surface area contributed by atoms with Crippen LogP contribution in [0.2, 0.25) is 5.02 Å². The maximum atomic E-state index is 13.0. The number of halogens is 1. The van der Waals surface area contributed by atoms with E-state index < -0.39 is 0 Å². The van der Waals surface area contributed by atoms with Crippen LogP contribution in [-0.4, -0.2) is 42.1 Å². The summed E-state index contributed by atoms with van der Waals surface area (Å²) >= 11 is 6.00. The number of hydrogen-bond acceptors (Lipinski definition) is 5. The van der Waals surface area contributed by atoms with Gasteiger partial charge in [-0.15, -0.1) is 0 Å². The number of benzene rings is 1. The SMILES string of the molecule is Cc1cc(N(C)C)nc(N[C@H]2CC[C@@H](NC(=O)C3(c4ccc(Cl)cc4)CC3)CC2)n1. The Bertz CT molecular complexity index is 902. The van der Waals surface area contributed by atoms with E-state index in [1.165, 1.54) is 0 Å². The second-order valence-corrected chi connectivity index (χ2v) is 9.28. The summed E-state index contributed by atoms with van der Waals surface area (Å²) in [5.74, 6) is 1.76. The molecule has 0 bridgehead atoms. The van der Waals surface area contributed by atoms with E-state index in [1.807, 2.05) is 56.3 Å². The predicted octanol–water partition coefficient (Wildman–Crippen LogP) is 4.08. The molecule has 2 aliphatic rings. The van der Waals surface area contributed by atoms with Gasteiger partial charge in [-0.05, 0) is 63.1 Å². The second-order valence-electron chi connectivity index (χ2n) is 8.84. The van der Waals surface area contributed by atoms with Gasteiger partial charge < -0.3 is 15.5 Å². The normalized spacial score (nSPS) is 22.3. The van der Waals surface area contributed by atoms with Crippen molar-refractivity contribution in [1.29, 1.82) is 0 Å². The zero-order valence-corrected chi connectivity index (χ0v) is 18.7. The van der Waals surface area contributed by atoms with E-state index in [-0.39, 0.29) is 17.4 Å². The molecule has 1 aromatic heterocycles. The van der Waals surface area contributed by atoms with Gasteiger partial charge in [0, 0.05) is 43.0 Å². The Morgan fingerprint density at radius 2 is 1.70 bits per heavy atom. The number of anilines is 2. The summed E-state index contributed by atoms with van der Waals surface area (Å²) in [5.41, 5.74) is 1.68. The first-order valence-electron chi connectivity index (χ1n) is 10.7. The number of amides is 1. The number of hydrogen-bond donors (Lipinski definition) is 2. The maximum Gasteiger partial charge on any atom is 0.230 e. The third-order valence-electron chi connectivity index (χ3n) is 6.28. The van der Waals surface area contributed by atoms with Crippen LogP contribution in [0.1, 0.15) is 49.8 Å². The summed E-state index contributed by atoms with van der Waals surface area (Å²) in [6.45, 7) is 1.99. The van der Waals surface area contributed by atoms with Gasteiger partial charge in [-0.2, -0.15) is 4.98 Å². The first-order chi connectivity index (χ1) is 14.4. The van der Waals surface area contributed by atoms with Crippen LogP contribution in [0.25, 0.3) is 0 Å². The lowest BCUT2D eigenvalue weighted by Gasteiger charge is -2.31. The van der Waals surface area contributed by atoms with E-state index in [0.717, 1.165) is 55.6 Å². The van der Waals surface area contributed by atoms with Crippen molar-refractivity contribution < 1.29 is 4.79 Å². The van der Waals surface area contributed by atoms with E-state index in [4.69, 9.17) is 11.6 Å². The van der Waals surface area contributed by atoms with Crippen LogP contribution >= 0.6 is 11.6 Å². The molecule has 2 saturated carbocycles. The molecule has 0 aliphatic heterocycles. The van der Waals surface area contributed by atoms with Gasteiger partial charge in [0.1, 0.15) is 5.82 Å². The van der Waals surface area contributed by atoms with Crippen molar-refractivity contribution in [2.75, 3.05) is 24.3 Å². The Balaban J connectivity index is 1.31. The van der Waals surface area contributed by atoms with E-state index in [0.29, 0.717) is 17.0 Å². The van der Waals surface area contributed by atoms with Gasteiger partial charge in [0.25, 0.3) is 0 Å². The van der Waals surface area contributed by atoms with E-state index in [2.05, 4.69) is 20.6 Å². The molecule has 1 aromatic carbocycles. The maximum absolute atomic E-state index is 13.0. The molecule has 2 aliphatic carbocycles. The molecule has 0 spiro atoms. The molecule has 160 valence electrons. The highest BCUT2D eigenvalue weighted by atomic mass is 35.5. The molecular weight excluding hydrogens is 398 g/mol. The van der Waals surface area contributed by atoms with E-state index in [1.54, 1.807) is 0 Å². The van der Waals surface area contributed by atoms with Gasteiger partial charge in [-0.3, -0.25) is 4.79 Å². The summed E-state index contributed by atoms with van der Waals surface area (Å²) in [7, 11) is 3.96. The average Bonchev–Trinajstić information content (AvgIpc) is 3.51. The van der Waals surface area contributed by atoms with Crippen LogP contribution in [0.4, 0.5) is 11.8 Å². The van der Waals surface area contributed by atoms with Gasteiger partial charge >= 0.3 is 0 Å². The summed E-state index contributed by atoms with van der Waals surface area (Å²) in [4.78, 5) is 24.1. The third-order valence-corrected chi connectivity index (χ3v) is 6.53. The lowest BCUT2D eigenvalue weighted by molar-refractivity contribution is -0.124. The van der Waals surface area contributed by atoms with Crippen LogP contribution in [0.5, 0.6) is 0 Å². The van der Waals surface area contributed by atoms with Gasteiger partial charge in [-0.25, -0.2) is 4.98 Å². The van der Waals surface area contributed by atoms with Crippen LogP contribution in [0.3, 0.4) is 0 Å². The smallest absolute Gasteiger partial charge is 0.230 e. The summed E-state index contributed by atoms with van der Waals surface area (Å²) < 4.78 is 0. The Hall–Kier alpha value is -2.34. The number of carbonyl (C=O) groups excluding carboxylic acids is 1. The Morgan fingerprint density at radius 3 is 2.30 bits per heavy atom. The lowest BCUT2D eigenvalue weighted by atomic mass is 9.89. The number of aryl methyl sites for hydroxylation is 1. The van der Waals surface area contributed by atoms with Crippen molar-refractivity contribution in [1.82, 2.24) is 15.3 Å². The van der Waals surface area contributed by atoms with Crippen molar-refractivity contribution in [2.24, 2.45) is 0 Å². The van der Waals surface area contributed by atoms with Crippen molar-refractivity contribution in [3.63, 3.8) is 0 Å². The number of aromatic nitrogens is 2. The molecule has 4 rings (SSSR count). The highest BCUT2D eigenvalue weighted by molar-refractivity contribution is 6.30. The molecule has 2 N–H and O–H groups in total. The molecule has 1 heterocycles. The minimum atomic E-state index is -0.350. The molecular formula is C23H30ClN5O. The zero-order valence-electron chi connectivity index (χ0n) is 17.9. The molecule has 0 saturated heterocycles. The number of rotatable bonds is 6. The first kappa shape index (κ1) is 20.9. The van der Waals surface area contributed by atoms with Gasteiger partial charge in [0.15, 0.2) is 0 Å². The summed E-state index contributed by atoms with van der Waals surface area (Å²) in [6.07, 6.45) is 5.74. The van der Waals surface area contributed by atoms with Gasteiger partial charge in [0.2, 0.25) is 11.9 Å². The quantitative estimate of drug-likeness (QED) is 0.727. The van der Waals surface area contributed by atoms with Gasteiger partial charge in [0.05, 0.1) is 5.41 Å². The van der Waals surface area contributed by atoms with Crippen molar-refractivity contribution in [2.45, 2.75) is 62.9 Å². The topological polar surface area (TPSA) is 70.2 Å². The highest BCUT2D eigenvalue weighted by Crippen LogP contribution is 2.48. The Kier molecular flexibility index (Phi) is 5.87. The van der Waals surface area contributed by atoms with Crippen LogP contribution in [0, 0.1) is 6.92 Å². The zero-order chi connectivity index (χ0) is 21.3. The molecule has 1 amide bonds. The lowest BCUT2D eigenvalue weighted by Crippen LogP contribution is -2.44. The molecule has 0 radical (unpaired) electrons. The standard InChI is InChI=1S/C23H30ClN5O/c1-15-14-20(29(2)3)28-22(25-15)27-19-10-8-18(9-11-19)26-21(30)23(12-13-23)16-4-6-17(24)7-5-16/h4-7,14,18-19H,8-13H2,1-3H3,(H,26,30)(H,25,27,28)/t18-,19+. The highest BCUT2D eigenvalue weighted by Gasteiger charge is 2.51. The predicted molar refractivity (Wildman–Crippen MR) is 121 cm³/mol. The Labute approximate surface area is 183 Å². The first-order valence-corrected chi connectivity index (χ1v) is 11.1. The van der Waals surface area contributed by atoms with Crippen molar-refractivity contribution >= 4 is 29.3 Å². The fraction of sp³-hybridized carbons (Fsp3) is 0.522. The molecule has 2 fully saturated rings. The Morgan fingerprint density at radius 1 is 1.07 bits per heavy atom. The van der Waals surface area contributed by atoms with Crippen molar-refractivity contribution in [3.8, 4) is 0 Å².